The number of alkyl halides is 3. The summed E-state index contributed by atoms with van der Waals surface area (Å²) in [5.74, 6) is -1.63. The van der Waals surface area contributed by atoms with E-state index in [1.807, 2.05) is 30.3 Å². The van der Waals surface area contributed by atoms with E-state index in [0.29, 0.717) is 5.56 Å². The van der Waals surface area contributed by atoms with Crippen molar-refractivity contribution in [3.05, 3.63) is 89.0 Å². The van der Waals surface area contributed by atoms with E-state index < -0.39 is 45.2 Å². The lowest BCUT2D eigenvalue weighted by Gasteiger charge is -2.30. The molecule has 0 N–H and O–H groups in total. The average molecular weight is 544 g/mol. The lowest BCUT2D eigenvalue weighted by atomic mass is 9.98. The average Bonchev–Trinajstić information content (AvgIpc) is 3.29. The van der Waals surface area contributed by atoms with Crippen LogP contribution in [0, 0.1) is 5.92 Å². The quantitative estimate of drug-likeness (QED) is 0.250. The fourth-order valence-electron chi connectivity index (χ4n) is 5.03. The number of fused-ring (bicyclic) bond motifs is 3. The molecule has 3 aromatic carbocycles. The first kappa shape index (κ1) is 26.1. The van der Waals surface area contributed by atoms with Gasteiger partial charge in [0.1, 0.15) is 0 Å². The number of ether oxygens (including phenoxy) is 1. The zero-order valence-corrected chi connectivity index (χ0v) is 21.0. The third-order valence-corrected chi connectivity index (χ3v) is 9.02. The first-order valence-corrected chi connectivity index (χ1v) is 13.6. The van der Waals surface area contributed by atoms with Crippen molar-refractivity contribution in [2.45, 2.75) is 30.3 Å². The van der Waals surface area contributed by atoms with Crippen molar-refractivity contribution < 1.29 is 35.9 Å². The molecule has 1 saturated heterocycles. The van der Waals surface area contributed by atoms with Gasteiger partial charge in [-0.1, -0.05) is 48.5 Å². The summed E-state index contributed by atoms with van der Waals surface area (Å²) in [6.45, 7) is -0.713. The van der Waals surface area contributed by atoms with E-state index in [9.17, 15) is 31.2 Å². The van der Waals surface area contributed by atoms with E-state index >= 15 is 0 Å². The second-order valence-corrected chi connectivity index (χ2v) is 11.3. The van der Waals surface area contributed by atoms with Crippen LogP contribution >= 0.6 is 0 Å². The van der Waals surface area contributed by atoms with Crippen LogP contribution in [0.5, 0.6) is 0 Å². The number of rotatable bonds is 6. The molecule has 2 aliphatic rings. The molecule has 0 bridgehead atoms. The van der Waals surface area contributed by atoms with Crippen molar-refractivity contribution in [1.29, 1.82) is 0 Å². The highest BCUT2D eigenvalue weighted by molar-refractivity contribution is 7.89. The number of hydrogen-bond acceptors (Lipinski definition) is 5. The third kappa shape index (κ3) is 4.98. The first-order chi connectivity index (χ1) is 18.1. The number of Topliss-reactive ketones (excluding diaryl/α,β-unsaturated/α-hetero) is 1. The van der Waals surface area contributed by atoms with Crippen LogP contribution in [0.3, 0.4) is 0 Å². The van der Waals surface area contributed by atoms with Gasteiger partial charge < -0.3 is 4.74 Å². The molecule has 0 spiro atoms. The van der Waals surface area contributed by atoms with Crippen molar-refractivity contribution >= 4 is 21.8 Å². The zero-order chi connectivity index (χ0) is 27.1. The van der Waals surface area contributed by atoms with Gasteiger partial charge in [-0.25, -0.2) is 8.42 Å². The molecule has 38 heavy (non-hydrogen) atoms. The molecule has 0 amide bonds. The molecule has 1 heterocycles. The molecule has 5 rings (SSSR count). The van der Waals surface area contributed by atoms with Gasteiger partial charge in [0, 0.05) is 18.7 Å². The van der Waals surface area contributed by atoms with Crippen molar-refractivity contribution in [2.24, 2.45) is 5.92 Å². The molecule has 0 aromatic heterocycles. The Morgan fingerprint density at radius 3 is 2.29 bits per heavy atom. The number of esters is 1. The molecule has 10 heteroatoms. The van der Waals surface area contributed by atoms with Crippen LogP contribution in [0.2, 0.25) is 0 Å². The van der Waals surface area contributed by atoms with Crippen molar-refractivity contribution in [3.63, 3.8) is 0 Å². The lowest BCUT2D eigenvalue weighted by molar-refractivity contribution is -0.148. The summed E-state index contributed by atoms with van der Waals surface area (Å²) >= 11 is 0. The molecular weight excluding hydrogens is 519 g/mol. The van der Waals surface area contributed by atoms with Crippen LogP contribution in [0.15, 0.2) is 71.6 Å². The molecule has 198 valence electrons. The molecule has 0 unspecified atom stereocenters. The third-order valence-electron chi connectivity index (χ3n) is 7.06. The van der Waals surface area contributed by atoms with Gasteiger partial charge in [-0.05, 0) is 59.7 Å². The fraction of sp³-hybridized carbons (Fsp3) is 0.286. The topological polar surface area (TPSA) is 80.8 Å². The van der Waals surface area contributed by atoms with Gasteiger partial charge in [0.15, 0.2) is 12.4 Å². The number of hydrogen-bond donors (Lipinski definition) is 0. The normalized spacial score (nSPS) is 16.1. The summed E-state index contributed by atoms with van der Waals surface area (Å²) in [7, 11) is -4.41. The van der Waals surface area contributed by atoms with Gasteiger partial charge >= 0.3 is 12.1 Å². The Kier molecular flexibility index (Phi) is 6.87. The van der Waals surface area contributed by atoms with E-state index in [2.05, 4.69) is 0 Å². The molecule has 3 aromatic rings. The second-order valence-electron chi connectivity index (χ2n) is 9.41. The van der Waals surface area contributed by atoms with E-state index in [0.717, 1.165) is 45.6 Å². The van der Waals surface area contributed by atoms with Gasteiger partial charge in [-0.3, -0.25) is 9.59 Å². The largest absolute Gasteiger partial charge is 0.457 e. The number of benzene rings is 3. The molecule has 0 saturated carbocycles. The number of ketones is 1. The molecule has 1 fully saturated rings. The Hall–Kier alpha value is -3.50. The van der Waals surface area contributed by atoms with Gasteiger partial charge in [-0.2, -0.15) is 17.5 Å². The SMILES string of the molecule is O=C(COC(=O)C1CCN(S(=O)(=O)c2ccccc2C(F)(F)F)CC1)c1ccc2c(c1)-c1ccccc1C2. The highest BCUT2D eigenvalue weighted by Crippen LogP contribution is 2.38. The van der Waals surface area contributed by atoms with E-state index in [-0.39, 0.29) is 31.7 Å². The minimum absolute atomic E-state index is 0.0794. The summed E-state index contributed by atoms with van der Waals surface area (Å²) in [6.07, 6.45) is -3.86. The van der Waals surface area contributed by atoms with E-state index in [1.54, 1.807) is 12.1 Å². The van der Waals surface area contributed by atoms with Gasteiger partial charge in [0.25, 0.3) is 0 Å². The number of halogens is 3. The van der Waals surface area contributed by atoms with Crippen LogP contribution in [0.4, 0.5) is 13.2 Å². The second kappa shape index (κ2) is 9.99. The Bertz CT molecular complexity index is 1510. The maximum absolute atomic E-state index is 13.3. The Morgan fingerprint density at radius 2 is 1.55 bits per heavy atom. The van der Waals surface area contributed by atoms with Crippen LogP contribution < -0.4 is 0 Å². The maximum Gasteiger partial charge on any atom is 0.417 e. The summed E-state index contributed by atoms with van der Waals surface area (Å²) < 4.78 is 72.1. The number of carbonyl (C=O) groups excluding carboxylic acids is 2. The van der Waals surface area contributed by atoms with Crippen LogP contribution in [0.1, 0.15) is 39.9 Å². The van der Waals surface area contributed by atoms with E-state index in [1.165, 1.54) is 11.6 Å². The smallest absolute Gasteiger partial charge is 0.417 e. The van der Waals surface area contributed by atoms with Crippen molar-refractivity contribution in [3.8, 4) is 11.1 Å². The molecule has 1 aliphatic heterocycles. The molecule has 6 nitrogen and oxygen atoms in total. The molecular formula is C28H24F3NO5S. The van der Waals surface area contributed by atoms with E-state index in [4.69, 9.17) is 4.74 Å². The van der Waals surface area contributed by atoms with Crippen LogP contribution in [-0.4, -0.2) is 44.2 Å². The molecule has 0 atom stereocenters. The predicted molar refractivity (Wildman–Crippen MR) is 133 cm³/mol. The number of carbonyl (C=O) groups is 2. The lowest BCUT2D eigenvalue weighted by Crippen LogP contribution is -2.41. The van der Waals surface area contributed by atoms with Crippen molar-refractivity contribution in [1.82, 2.24) is 4.31 Å². The number of piperidine rings is 1. The monoisotopic (exact) mass is 543 g/mol. The molecule has 0 radical (unpaired) electrons. The minimum atomic E-state index is -4.82. The Balaban J connectivity index is 1.19. The fourth-order valence-corrected chi connectivity index (χ4v) is 6.71. The van der Waals surface area contributed by atoms with Crippen LogP contribution in [0.25, 0.3) is 11.1 Å². The standard InChI is InChI=1S/C28H24F3NO5S/c29-28(30,31)24-7-3-4-8-26(24)38(35,36)32-13-11-18(12-14-32)27(34)37-17-25(33)21-10-9-20-15-19-5-1-2-6-22(19)23(20)16-21/h1-10,16,18H,11-15,17H2. The summed E-state index contributed by atoms with van der Waals surface area (Å²) in [6, 6.07) is 17.4. The maximum atomic E-state index is 13.3. The minimum Gasteiger partial charge on any atom is -0.457 e. The number of nitrogens with zero attached hydrogens (tertiary/aromatic N) is 1. The van der Waals surface area contributed by atoms with Crippen molar-refractivity contribution in [2.75, 3.05) is 19.7 Å². The van der Waals surface area contributed by atoms with Gasteiger partial charge in [0.05, 0.1) is 16.4 Å². The zero-order valence-electron chi connectivity index (χ0n) is 20.2. The highest BCUT2D eigenvalue weighted by Gasteiger charge is 2.40. The Morgan fingerprint density at radius 1 is 0.895 bits per heavy atom. The summed E-state index contributed by atoms with van der Waals surface area (Å²) in [5.41, 5.74) is 3.58. The van der Waals surface area contributed by atoms with Gasteiger partial charge in [-0.15, -0.1) is 0 Å². The van der Waals surface area contributed by atoms with Crippen LogP contribution in [-0.2, 0) is 32.2 Å². The summed E-state index contributed by atoms with van der Waals surface area (Å²) in [5, 5.41) is 0. The molecule has 1 aliphatic carbocycles. The first-order valence-electron chi connectivity index (χ1n) is 12.1. The number of sulfonamides is 1. The Labute approximate surface area is 218 Å². The predicted octanol–water partition coefficient (Wildman–Crippen LogP) is 5.10. The summed E-state index contributed by atoms with van der Waals surface area (Å²) in [4.78, 5) is 24.5. The van der Waals surface area contributed by atoms with Gasteiger partial charge in [0.2, 0.25) is 10.0 Å². The highest BCUT2D eigenvalue weighted by atomic mass is 32.2.